The van der Waals surface area contributed by atoms with Gasteiger partial charge in [-0.1, -0.05) is 35.1 Å². The van der Waals surface area contributed by atoms with E-state index in [1.54, 1.807) is 48.3 Å². The Balaban J connectivity index is 1.49. The number of fused-ring (bicyclic) bond motifs is 1. The Kier molecular flexibility index (Phi) is 5.98. The van der Waals surface area contributed by atoms with Crippen molar-refractivity contribution in [1.29, 1.82) is 0 Å². The molecule has 1 amide bonds. The van der Waals surface area contributed by atoms with Gasteiger partial charge in [0, 0.05) is 31.7 Å². The van der Waals surface area contributed by atoms with Crippen molar-refractivity contribution >= 4 is 54.0 Å². The lowest BCUT2D eigenvalue weighted by atomic mass is 10.2. The number of aryl methyl sites for hydroxylation is 1. The molecule has 0 bridgehead atoms. The number of anilines is 1. The Morgan fingerprint density at radius 1 is 1.13 bits per heavy atom. The Hall–Kier alpha value is -2.16. The van der Waals surface area contributed by atoms with Crippen molar-refractivity contribution in [2.45, 2.75) is 30.9 Å². The average molecular weight is 478 g/mol. The summed E-state index contributed by atoms with van der Waals surface area (Å²) in [6.07, 6.45) is 0. The van der Waals surface area contributed by atoms with Crippen LogP contribution in [-0.4, -0.2) is 55.6 Å². The molecule has 0 atom stereocenters. The van der Waals surface area contributed by atoms with Crippen molar-refractivity contribution in [3.05, 3.63) is 52.5 Å². The minimum Gasteiger partial charge on any atom is -0.345 e. The minimum absolute atomic E-state index is 0.149. The lowest BCUT2D eigenvalue weighted by Gasteiger charge is -2.34. The molecular formula is C22H24ClN3O3S2. The van der Waals surface area contributed by atoms with Crippen LogP contribution in [0.1, 0.15) is 29.8 Å². The minimum atomic E-state index is -3.43. The van der Waals surface area contributed by atoms with Gasteiger partial charge >= 0.3 is 0 Å². The molecule has 2 aromatic carbocycles. The number of rotatable bonds is 4. The van der Waals surface area contributed by atoms with Gasteiger partial charge in [-0.15, -0.1) is 0 Å². The molecule has 6 nitrogen and oxygen atoms in total. The number of hydrogen-bond acceptors (Lipinski definition) is 6. The van der Waals surface area contributed by atoms with Gasteiger partial charge in [0.1, 0.15) is 0 Å². The van der Waals surface area contributed by atoms with E-state index in [9.17, 15) is 13.2 Å². The maximum Gasteiger partial charge on any atom is 0.254 e. The van der Waals surface area contributed by atoms with Crippen LogP contribution in [0.15, 0.2) is 41.3 Å². The second-order valence-corrected chi connectivity index (χ2v) is 11.8. The Bertz CT molecular complexity index is 1210. The van der Waals surface area contributed by atoms with Crippen LogP contribution in [0.2, 0.25) is 5.02 Å². The summed E-state index contributed by atoms with van der Waals surface area (Å²) >= 11 is 7.90. The van der Waals surface area contributed by atoms with Crippen molar-refractivity contribution in [2.24, 2.45) is 0 Å². The molecule has 1 fully saturated rings. The number of nitrogens with zero attached hydrogens (tertiary/aromatic N) is 3. The second kappa shape index (κ2) is 8.41. The van der Waals surface area contributed by atoms with Crippen LogP contribution in [0, 0.1) is 6.92 Å². The Labute approximate surface area is 191 Å². The van der Waals surface area contributed by atoms with E-state index in [-0.39, 0.29) is 10.8 Å². The molecule has 0 N–H and O–H groups in total. The van der Waals surface area contributed by atoms with E-state index in [2.05, 4.69) is 4.90 Å². The molecular weight excluding hydrogens is 454 g/mol. The fraction of sp³-hybridized carbons (Fsp3) is 0.364. The van der Waals surface area contributed by atoms with E-state index in [1.807, 2.05) is 19.1 Å². The quantitative estimate of drug-likeness (QED) is 0.557. The molecule has 0 unspecified atom stereocenters. The number of aromatic nitrogens is 1. The van der Waals surface area contributed by atoms with Crippen LogP contribution in [0.4, 0.5) is 5.13 Å². The molecule has 0 radical (unpaired) electrons. The highest BCUT2D eigenvalue weighted by molar-refractivity contribution is 7.92. The van der Waals surface area contributed by atoms with Gasteiger partial charge in [-0.25, -0.2) is 13.4 Å². The molecule has 1 aliphatic heterocycles. The molecule has 0 aliphatic carbocycles. The lowest BCUT2D eigenvalue weighted by molar-refractivity contribution is 0.0746. The zero-order chi connectivity index (χ0) is 22.3. The zero-order valence-corrected chi connectivity index (χ0v) is 20.0. The maximum atomic E-state index is 13.0. The molecule has 4 rings (SSSR count). The average Bonchev–Trinajstić information content (AvgIpc) is 3.23. The second-order valence-electron chi connectivity index (χ2n) is 7.94. The van der Waals surface area contributed by atoms with E-state index < -0.39 is 15.1 Å². The summed E-state index contributed by atoms with van der Waals surface area (Å²) in [4.78, 5) is 21.9. The van der Waals surface area contributed by atoms with Crippen molar-refractivity contribution in [1.82, 2.24) is 9.88 Å². The van der Waals surface area contributed by atoms with Gasteiger partial charge in [0.2, 0.25) is 0 Å². The number of sulfone groups is 1. The highest BCUT2D eigenvalue weighted by Gasteiger charge is 2.26. The monoisotopic (exact) mass is 477 g/mol. The Morgan fingerprint density at radius 3 is 2.48 bits per heavy atom. The highest BCUT2D eigenvalue weighted by atomic mass is 35.5. The van der Waals surface area contributed by atoms with Crippen LogP contribution in [0.5, 0.6) is 0 Å². The van der Waals surface area contributed by atoms with Gasteiger partial charge in [0.15, 0.2) is 15.0 Å². The highest BCUT2D eigenvalue weighted by Crippen LogP contribution is 2.36. The van der Waals surface area contributed by atoms with Crippen LogP contribution in [0.25, 0.3) is 10.2 Å². The first-order valence-corrected chi connectivity index (χ1v) is 12.9. The van der Waals surface area contributed by atoms with Gasteiger partial charge in [0.25, 0.3) is 5.91 Å². The Morgan fingerprint density at radius 2 is 1.84 bits per heavy atom. The molecule has 1 aromatic heterocycles. The zero-order valence-electron chi connectivity index (χ0n) is 17.6. The summed E-state index contributed by atoms with van der Waals surface area (Å²) in [6.45, 7) is 7.70. The van der Waals surface area contributed by atoms with Gasteiger partial charge in [0.05, 0.1) is 25.4 Å². The summed E-state index contributed by atoms with van der Waals surface area (Å²) in [5.41, 5.74) is 2.42. The van der Waals surface area contributed by atoms with E-state index >= 15 is 0 Å². The van der Waals surface area contributed by atoms with Crippen molar-refractivity contribution in [2.75, 3.05) is 31.1 Å². The normalized spacial score (nSPS) is 15.1. The summed E-state index contributed by atoms with van der Waals surface area (Å²) < 4.78 is 25.9. The first-order chi connectivity index (χ1) is 14.7. The summed E-state index contributed by atoms with van der Waals surface area (Å²) in [5, 5.41) is 1.07. The van der Waals surface area contributed by atoms with Crippen LogP contribution in [0.3, 0.4) is 0 Å². The molecule has 1 aliphatic rings. The summed E-state index contributed by atoms with van der Waals surface area (Å²) in [5.74, 6) is -0.149. The number of hydrogen-bond donors (Lipinski definition) is 0. The van der Waals surface area contributed by atoms with Crippen molar-refractivity contribution < 1.29 is 13.2 Å². The number of thiazole rings is 1. The smallest absolute Gasteiger partial charge is 0.254 e. The van der Waals surface area contributed by atoms with Crippen molar-refractivity contribution in [3.8, 4) is 0 Å². The number of carbonyl (C=O) groups is 1. The number of benzene rings is 2. The molecule has 1 saturated heterocycles. The SMILES string of the molecule is Cc1ccc(Cl)c2sc(N3CCN(C(=O)c4cccc(S(=O)(=O)C(C)C)c4)CC3)nc12. The first kappa shape index (κ1) is 22.0. The first-order valence-electron chi connectivity index (χ1n) is 10.1. The van der Waals surface area contributed by atoms with E-state index in [0.717, 1.165) is 20.9 Å². The van der Waals surface area contributed by atoms with E-state index in [4.69, 9.17) is 16.6 Å². The predicted molar refractivity (Wildman–Crippen MR) is 126 cm³/mol. The predicted octanol–water partition coefficient (Wildman–Crippen LogP) is 4.40. The molecule has 0 saturated carbocycles. The number of amides is 1. The molecule has 3 aromatic rings. The van der Waals surface area contributed by atoms with Gasteiger partial charge < -0.3 is 9.80 Å². The number of halogens is 1. The van der Waals surface area contributed by atoms with Crippen LogP contribution in [-0.2, 0) is 9.84 Å². The molecule has 2 heterocycles. The molecule has 164 valence electrons. The van der Waals surface area contributed by atoms with Crippen LogP contribution >= 0.6 is 22.9 Å². The lowest BCUT2D eigenvalue weighted by Crippen LogP contribution is -2.48. The summed E-state index contributed by atoms with van der Waals surface area (Å²) in [7, 11) is -3.43. The third kappa shape index (κ3) is 4.16. The van der Waals surface area contributed by atoms with Crippen LogP contribution < -0.4 is 4.90 Å². The molecule has 9 heteroatoms. The molecule has 0 spiro atoms. The topological polar surface area (TPSA) is 70.6 Å². The van der Waals surface area contributed by atoms with E-state index in [0.29, 0.717) is 36.8 Å². The molecule has 31 heavy (non-hydrogen) atoms. The third-order valence-electron chi connectivity index (χ3n) is 5.55. The van der Waals surface area contributed by atoms with Gasteiger partial charge in [-0.05, 0) is 50.6 Å². The number of piperazine rings is 1. The third-order valence-corrected chi connectivity index (χ3v) is 9.28. The largest absolute Gasteiger partial charge is 0.345 e. The number of carbonyl (C=O) groups excluding carboxylic acids is 1. The fourth-order valence-corrected chi connectivity index (χ4v) is 6.06. The van der Waals surface area contributed by atoms with Gasteiger partial charge in [-0.2, -0.15) is 0 Å². The fourth-order valence-electron chi connectivity index (χ4n) is 3.59. The standard InChI is InChI=1S/C22H24ClN3O3S2/c1-14(2)31(28,29)17-6-4-5-16(13-17)21(27)25-9-11-26(12-10-25)22-24-19-15(3)7-8-18(23)20(19)30-22/h4-8,13-14H,9-12H2,1-3H3. The van der Waals surface area contributed by atoms with E-state index in [1.165, 1.54) is 6.07 Å². The van der Waals surface area contributed by atoms with Gasteiger partial charge in [-0.3, -0.25) is 4.79 Å². The summed E-state index contributed by atoms with van der Waals surface area (Å²) in [6, 6.07) is 10.2. The maximum absolute atomic E-state index is 13.0. The van der Waals surface area contributed by atoms with Crippen molar-refractivity contribution in [3.63, 3.8) is 0 Å².